The molecule has 0 radical (unpaired) electrons. The minimum absolute atomic E-state index is 0.0746. The second kappa shape index (κ2) is 5.62. The van der Waals surface area contributed by atoms with Crippen LogP contribution in [0.25, 0.3) is 0 Å². The lowest BCUT2D eigenvalue weighted by Gasteiger charge is -2.11. The first kappa shape index (κ1) is 14.5. The fourth-order valence-corrected chi connectivity index (χ4v) is 1.91. The number of carbonyl (C=O) groups is 2. The van der Waals surface area contributed by atoms with E-state index < -0.39 is 17.7 Å². The average molecular weight is 288 g/mol. The van der Waals surface area contributed by atoms with Gasteiger partial charge in [0.2, 0.25) is 0 Å². The summed E-state index contributed by atoms with van der Waals surface area (Å²) in [7, 11) is 0. The number of carboxylic acid groups (broad SMARTS) is 1. The van der Waals surface area contributed by atoms with Crippen LogP contribution >= 0.6 is 0 Å². The van der Waals surface area contributed by atoms with Crippen molar-refractivity contribution in [2.24, 2.45) is 0 Å². The van der Waals surface area contributed by atoms with Crippen molar-refractivity contribution in [3.8, 4) is 0 Å². The molecule has 0 saturated heterocycles. The van der Waals surface area contributed by atoms with Crippen LogP contribution in [-0.2, 0) is 0 Å². The number of benzene rings is 2. The second-order valence-corrected chi connectivity index (χ2v) is 4.48. The van der Waals surface area contributed by atoms with Crippen molar-refractivity contribution in [1.82, 2.24) is 0 Å². The molecule has 2 aromatic carbocycles. The number of halogens is 1. The van der Waals surface area contributed by atoms with Gasteiger partial charge >= 0.3 is 5.97 Å². The summed E-state index contributed by atoms with van der Waals surface area (Å²) >= 11 is 0. The van der Waals surface area contributed by atoms with Crippen LogP contribution in [-0.4, -0.2) is 17.0 Å². The number of hydrogen-bond acceptors (Lipinski definition) is 3. The Balaban J connectivity index is 2.32. The highest BCUT2D eigenvalue weighted by Crippen LogP contribution is 2.21. The highest BCUT2D eigenvalue weighted by molar-refractivity contribution is 6.05. The molecule has 2 aromatic rings. The van der Waals surface area contributed by atoms with E-state index in [9.17, 15) is 14.0 Å². The van der Waals surface area contributed by atoms with Crippen LogP contribution in [0, 0.1) is 12.7 Å². The van der Waals surface area contributed by atoms with Crippen LogP contribution in [0.15, 0.2) is 36.4 Å². The van der Waals surface area contributed by atoms with E-state index in [1.54, 1.807) is 13.0 Å². The van der Waals surface area contributed by atoms with Gasteiger partial charge in [0, 0.05) is 11.4 Å². The number of rotatable bonds is 3. The van der Waals surface area contributed by atoms with Crippen LogP contribution < -0.4 is 11.1 Å². The molecular weight excluding hydrogens is 275 g/mol. The number of carboxylic acids is 1. The molecule has 0 aliphatic rings. The van der Waals surface area contributed by atoms with Crippen molar-refractivity contribution in [3.63, 3.8) is 0 Å². The fraction of sp³-hybridized carbons (Fsp3) is 0.0667. The van der Waals surface area contributed by atoms with Gasteiger partial charge in [-0.3, -0.25) is 4.79 Å². The molecule has 2 rings (SSSR count). The lowest BCUT2D eigenvalue weighted by Crippen LogP contribution is -2.15. The molecule has 0 heterocycles. The quantitative estimate of drug-likeness (QED) is 0.757. The molecule has 0 fully saturated rings. The number of nitrogen functional groups attached to an aromatic ring is 1. The van der Waals surface area contributed by atoms with Crippen molar-refractivity contribution >= 4 is 23.3 Å². The van der Waals surface area contributed by atoms with Gasteiger partial charge in [0.25, 0.3) is 5.91 Å². The Kier molecular flexibility index (Phi) is 3.89. The Bertz CT molecular complexity index is 729. The first-order valence-electron chi connectivity index (χ1n) is 6.09. The van der Waals surface area contributed by atoms with Crippen LogP contribution in [0.2, 0.25) is 0 Å². The van der Waals surface area contributed by atoms with Gasteiger partial charge in [0.05, 0.1) is 11.1 Å². The Morgan fingerprint density at radius 2 is 1.90 bits per heavy atom. The first-order chi connectivity index (χ1) is 9.90. The molecule has 0 aromatic heterocycles. The molecule has 0 spiro atoms. The largest absolute Gasteiger partial charge is 0.478 e. The van der Waals surface area contributed by atoms with Gasteiger partial charge in [0.15, 0.2) is 0 Å². The van der Waals surface area contributed by atoms with E-state index in [2.05, 4.69) is 5.32 Å². The molecule has 0 atom stereocenters. The SMILES string of the molecule is Cc1c(NC(=O)c2ccc(N)cc2F)cccc1C(=O)O. The lowest BCUT2D eigenvalue weighted by molar-refractivity contribution is 0.0695. The summed E-state index contributed by atoms with van der Waals surface area (Å²) in [6.07, 6.45) is 0. The van der Waals surface area contributed by atoms with Crippen LogP contribution in [0.5, 0.6) is 0 Å². The molecule has 0 saturated carbocycles. The van der Waals surface area contributed by atoms with E-state index in [0.717, 1.165) is 6.07 Å². The maximum Gasteiger partial charge on any atom is 0.336 e. The number of carbonyl (C=O) groups excluding carboxylic acids is 1. The lowest BCUT2D eigenvalue weighted by atomic mass is 10.1. The summed E-state index contributed by atoms with van der Waals surface area (Å²) in [5, 5.41) is 11.5. The van der Waals surface area contributed by atoms with Crippen molar-refractivity contribution < 1.29 is 19.1 Å². The predicted molar refractivity (Wildman–Crippen MR) is 76.9 cm³/mol. The normalized spacial score (nSPS) is 10.2. The number of aromatic carboxylic acids is 1. The molecule has 1 amide bonds. The van der Waals surface area contributed by atoms with Gasteiger partial charge in [-0.25, -0.2) is 9.18 Å². The van der Waals surface area contributed by atoms with Crippen molar-refractivity contribution in [3.05, 3.63) is 58.9 Å². The predicted octanol–water partition coefficient (Wildman–Crippen LogP) is 2.67. The van der Waals surface area contributed by atoms with Crippen LogP contribution in [0.4, 0.5) is 15.8 Å². The number of amides is 1. The van der Waals surface area contributed by atoms with Crippen LogP contribution in [0.1, 0.15) is 26.3 Å². The van der Waals surface area contributed by atoms with Crippen molar-refractivity contribution in [2.75, 3.05) is 11.1 Å². The van der Waals surface area contributed by atoms with Gasteiger partial charge in [-0.1, -0.05) is 6.07 Å². The Labute approximate surface area is 120 Å². The Hall–Kier alpha value is -2.89. The fourth-order valence-electron chi connectivity index (χ4n) is 1.91. The standard InChI is InChI=1S/C15H13FN2O3/c1-8-10(15(20)21)3-2-4-13(8)18-14(19)11-6-5-9(17)7-12(11)16/h2-7H,17H2,1H3,(H,18,19)(H,20,21). The summed E-state index contributed by atoms with van der Waals surface area (Å²) in [6, 6.07) is 8.22. The van der Waals surface area contributed by atoms with Gasteiger partial charge in [-0.2, -0.15) is 0 Å². The first-order valence-corrected chi connectivity index (χ1v) is 6.09. The molecule has 4 N–H and O–H groups in total. The third kappa shape index (κ3) is 3.00. The second-order valence-electron chi connectivity index (χ2n) is 4.48. The third-order valence-electron chi connectivity index (χ3n) is 3.05. The van der Waals surface area contributed by atoms with Crippen LogP contribution in [0.3, 0.4) is 0 Å². The van der Waals surface area contributed by atoms with Crippen molar-refractivity contribution in [2.45, 2.75) is 6.92 Å². The molecule has 0 bridgehead atoms. The highest BCUT2D eigenvalue weighted by atomic mass is 19.1. The minimum Gasteiger partial charge on any atom is -0.478 e. The smallest absolute Gasteiger partial charge is 0.336 e. The van der Waals surface area contributed by atoms with Crippen molar-refractivity contribution in [1.29, 1.82) is 0 Å². The molecular formula is C15H13FN2O3. The van der Waals surface area contributed by atoms with Gasteiger partial charge in [0.1, 0.15) is 5.82 Å². The van der Waals surface area contributed by atoms with Gasteiger partial charge in [-0.15, -0.1) is 0 Å². The van der Waals surface area contributed by atoms with E-state index in [1.807, 2.05) is 0 Å². The molecule has 0 aliphatic carbocycles. The number of anilines is 2. The molecule has 21 heavy (non-hydrogen) atoms. The zero-order valence-electron chi connectivity index (χ0n) is 11.2. The summed E-state index contributed by atoms with van der Waals surface area (Å²) in [5.74, 6) is -2.50. The van der Waals surface area contributed by atoms with Gasteiger partial charge in [-0.05, 0) is 42.8 Å². The highest BCUT2D eigenvalue weighted by Gasteiger charge is 2.15. The minimum atomic E-state index is -1.10. The molecule has 0 aliphatic heterocycles. The zero-order chi connectivity index (χ0) is 15.6. The number of hydrogen-bond donors (Lipinski definition) is 3. The zero-order valence-corrected chi connectivity index (χ0v) is 11.2. The monoisotopic (exact) mass is 288 g/mol. The summed E-state index contributed by atoms with van der Waals surface area (Å²) in [5.41, 5.74) is 6.26. The Morgan fingerprint density at radius 1 is 1.19 bits per heavy atom. The number of nitrogens with two attached hydrogens (primary N) is 1. The summed E-state index contributed by atoms with van der Waals surface area (Å²) in [4.78, 5) is 23.1. The average Bonchev–Trinajstić information content (AvgIpc) is 2.40. The maximum atomic E-state index is 13.7. The maximum absolute atomic E-state index is 13.7. The van der Waals surface area contributed by atoms with E-state index in [1.165, 1.54) is 24.3 Å². The number of nitrogens with one attached hydrogen (secondary N) is 1. The van der Waals surface area contributed by atoms with E-state index >= 15 is 0 Å². The van der Waals surface area contributed by atoms with E-state index in [4.69, 9.17) is 10.8 Å². The van der Waals surface area contributed by atoms with E-state index in [-0.39, 0.29) is 16.8 Å². The topological polar surface area (TPSA) is 92.4 Å². The molecule has 0 unspecified atom stereocenters. The molecule has 108 valence electrons. The summed E-state index contributed by atoms with van der Waals surface area (Å²) < 4.78 is 13.7. The third-order valence-corrected chi connectivity index (χ3v) is 3.05. The molecule has 5 nitrogen and oxygen atoms in total. The molecule has 6 heteroatoms. The summed E-state index contributed by atoms with van der Waals surface area (Å²) in [6.45, 7) is 1.57. The van der Waals surface area contributed by atoms with Gasteiger partial charge < -0.3 is 16.2 Å². The van der Waals surface area contributed by atoms with E-state index in [0.29, 0.717) is 11.3 Å². The Morgan fingerprint density at radius 3 is 2.52 bits per heavy atom.